The summed E-state index contributed by atoms with van der Waals surface area (Å²) in [5, 5.41) is 12.9. The SMILES string of the molecule is CC(C)(C)NC(=O)C1CCC2CCCCC2N1CC1CC(c2ccc(CO)cc2)OC(c2cccc(NS(=O)(=O)c3ccccc3)c2)O1. The highest BCUT2D eigenvalue weighted by Crippen LogP contribution is 2.42. The first-order chi connectivity index (χ1) is 23.0. The Balaban J connectivity index is 1.29. The molecule has 6 atom stereocenters. The number of carbonyl (C=O) groups is 1. The van der Waals surface area contributed by atoms with E-state index in [0.717, 1.165) is 36.8 Å². The number of aliphatic hydroxyl groups excluding tert-OH is 1. The number of hydrogen-bond donors (Lipinski definition) is 3. The zero-order valence-electron chi connectivity index (χ0n) is 28.2. The number of fused-ring (bicyclic) bond motifs is 1. The van der Waals surface area contributed by atoms with Gasteiger partial charge in [0.1, 0.15) is 0 Å². The number of sulfonamides is 1. The van der Waals surface area contributed by atoms with E-state index in [1.807, 2.05) is 51.1 Å². The predicted octanol–water partition coefficient (Wildman–Crippen LogP) is 6.46. The predicted molar refractivity (Wildman–Crippen MR) is 185 cm³/mol. The number of piperidine rings is 1. The number of nitrogens with zero attached hydrogens (tertiary/aromatic N) is 1. The van der Waals surface area contributed by atoms with Gasteiger partial charge < -0.3 is 19.9 Å². The molecule has 48 heavy (non-hydrogen) atoms. The van der Waals surface area contributed by atoms with Crippen LogP contribution in [0.1, 0.15) is 94.8 Å². The molecule has 3 aromatic carbocycles. The summed E-state index contributed by atoms with van der Waals surface area (Å²) in [7, 11) is -3.79. The number of amides is 1. The lowest BCUT2D eigenvalue weighted by Gasteiger charge is -2.50. The molecule has 0 bridgehead atoms. The van der Waals surface area contributed by atoms with Crippen LogP contribution in [0.25, 0.3) is 0 Å². The molecule has 2 heterocycles. The summed E-state index contributed by atoms with van der Waals surface area (Å²) in [6, 6.07) is 23.3. The highest BCUT2D eigenvalue weighted by molar-refractivity contribution is 7.92. The number of ether oxygens (including phenoxy) is 2. The van der Waals surface area contributed by atoms with Crippen LogP contribution in [0.2, 0.25) is 0 Å². The van der Waals surface area contributed by atoms with Gasteiger partial charge in [-0.3, -0.25) is 14.4 Å². The molecule has 3 N–H and O–H groups in total. The van der Waals surface area contributed by atoms with Gasteiger partial charge in [-0.25, -0.2) is 8.42 Å². The van der Waals surface area contributed by atoms with Crippen molar-refractivity contribution in [2.45, 2.75) is 113 Å². The fraction of sp³-hybridized carbons (Fsp3) is 0.500. The molecule has 2 saturated heterocycles. The van der Waals surface area contributed by atoms with Crippen LogP contribution in [-0.4, -0.2) is 54.6 Å². The second-order valence-corrected chi connectivity index (χ2v) is 16.2. The minimum Gasteiger partial charge on any atom is -0.392 e. The quantitative estimate of drug-likeness (QED) is 0.238. The van der Waals surface area contributed by atoms with E-state index < -0.39 is 16.3 Å². The molecule has 6 rings (SSSR count). The van der Waals surface area contributed by atoms with Crippen molar-refractivity contribution in [1.82, 2.24) is 10.2 Å². The van der Waals surface area contributed by atoms with Crippen molar-refractivity contribution < 1.29 is 27.8 Å². The minimum atomic E-state index is -3.79. The summed E-state index contributed by atoms with van der Waals surface area (Å²) in [4.78, 5) is 16.3. The molecule has 3 aliphatic rings. The van der Waals surface area contributed by atoms with E-state index in [1.54, 1.807) is 48.5 Å². The maximum Gasteiger partial charge on any atom is 0.261 e. The summed E-state index contributed by atoms with van der Waals surface area (Å²) in [5.74, 6) is 0.647. The molecule has 10 heteroatoms. The third kappa shape index (κ3) is 8.29. The number of nitrogens with one attached hydrogen (secondary N) is 2. The summed E-state index contributed by atoms with van der Waals surface area (Å²) in [6.07, 6.45) is 5.83. The minimum absolute atomic E-state index is 0.0403. The number of hydrogen-bond acceptors (Lipinski definition) is 7. The molecular formula is C38H49N3O6S. The van der Waals surface area contributed by atoms with Gasteiger partial charge >= 0.3 is 0 Å². The smallest absolute Gasteiger partial charge is 0.261 e. The van der Waals surface area contributed by atoms with Gasteiger partial charge in [-0.2, -0.15) is 0 Å². The second-order valence-electron chi connectivity index (χ2n) is 14.5. The molecule has 2 aliphatic heterocycles. The number of rotatable bonds is 9. The Hall–Kier alpha value is -3.28. The first kappa shape index (κ1) is 34.6. The van der Waals surface area contributed by atoms with Gasteiger partial charge in [0.25, 0.3) is 10.0 Å². The second kappa shape index (κ2) is 14.7. The van der Waals surface area contributed by atoms with Crippen molar-refractivity contribution in [3.8, 4) is 0 Å². The third-order valence-electron chi connectivity index (χ3n) is 9.80. The number of carbonyl (C=O) groups excluding carboxylic acids is 1. The highest BCUT2D eigenvalue weighted by Gasteiger charge is 2.44. The Labute approximate surface area is 285 Å². The fourth-order valence-corrected chi connectivity index (χ4v) is 8.63. The van der Waals surface area contributed by atoms with Gasteiger partial charge in [0.2, 0.25) is 5.91 Å². The van der Waals surface area contributed by atoms with Crippen LogP contribution in [0.15, 0.2) is 83.8 Å². The van der Waals surface area contributed by atoms with Crippen molar-refractivity contribution >= 4 is 21.6 Å². The molecule has 1 amide bonds. The van der Waals surface area contributed by atoms with Gasteiger partial charge in [-0.05, 0) is 87.8 Å². The summed E-state index contributed by atoms with van der Waals surface area (Å²) >= 11 is 0. The van der Waals surface area contributed by atoms with Crippen molar-refractivity contribution in [3.63, 3.8) is 0 Å². The molecule has 0 radical (unpaired) electrons. The molecule has 6 unspecified atom stereocenters. The van der Waals surface area contributed by atoms with Crippen LogP contribution in [0.5, 0.6) is 0 Å². The van der Waals surface area contributed by atoms with E-state index >= 15 is 0 Å². The average Bonchev–Trinajstić information content (AvgIpc) is 3.08. The molecule has 0 aromatic heterocycles. The van der Waals surface area contributed by atoms with Crippen molar-refractivity contribution in [2.75, 3.05) is 11.3 Å². The summed E-state index contributed by atoms with van der Waals surface area (Å²) < 4.78 is 42.3. The number of anilines is 1. The monoisotopic (exact) mass is 675 g/mol. The third-order valence-corrected chi connectivity index (χ3v) is 11.2. The van der Waals surface area contributed by atoms with Crippen LogP contribution in [0.4, 0.5) is 5.69 Å². The first-order valence-electron chi connectivity index (χ1n) is 17.3. The van der Waals surface area contributed by atoms with Gasteiger partial charge in [0, 0.05) is 35.8 Å². The van der Waals surface area contributed by atoms with Crippen molar-refractivity contribution in [3.05, 3.63) is 95.6 Å². The Morgan fingerprint density at radius 3 is 2.38 bits per heavy atom. The molecule has 9 nitrogen and oxygen atoms in total. The Kier molecular flexibility index (Phi) is 10.6. The van der Waals surface area contributed by atoms with E-state index in [-0.39, 0.29) is 41.2 Å². The van der Waals surface area contributed by atoms with Crippen LogP contribution in [0.3, 0.4) is 0 Å². The lowest BCUT2D eigenvalue weighted by Crippen LogP contribution is -2.61. The average molecular weight is 676 g/mol. The molecule has 0 spiro atoms. The first-order valence-corrected chi connectivity index (χ1v) is 18.7. The molecule has 258 valence electrons. The zero-order chi connectivity index (χ0) is 33.9. The van der Waals surface area contributed by atoms with Gasteiger partial charge in [-0.1, -0.05) is 67.4 Å². The molecule has 1 aliphatic carbocycles. The number of likely N-dealkylation sites (tertiary alicyclic amines) is 1. The van der Waals surface area contributed by atoms with E-state index in [9.17, 15) is 18.3 Å². The maximum absolute atomic E-state index is 13.7. The summed E-state index contributed by atoms with van der Waals surface area (Å²) in [5.41, 5.74) is 2.57. The Bertz CT molecular complexity index is 1640. The highest BCUT2D eigenvalue weighted by atomic mass is 32.2. The van der Waals surface area contributed by atoms with E-state index in [0.29, 0.717) is 36.2 Å². The van der Waals surface area contributed by atoms with Crippen molar-refractivity contribution in [2.24, 2.45) is 5.92 Å². The Morgan fingerprint density at radius 1 is 0.896 bits per heavy atom. The normalized spacial score (nSPS) is 26.8. The Morgan fingerprint density at radius 2 is 1.65 bits per heavy atom. The zero-order valence-corrected chi connectivity index (χ0v) is 29.0. The lowest BCUT2D eigenvalue weighted by molar-refractivity contribution is -0.255. The van der Waals surface area contributed by atoms with Gasteiger partial charge in [0.15, 0.2) is 6.29 Å². The van der Waals surface area contributed by atoms with Gasteiger partial charge in [0.05, 0.1) is 29.8 Å². The van der Waals surface area contributed by atoms with E-state index in [1.165, 1.54) is 12.8 Å². The molecule has 1 saturated carbocycles. The molecule has 3 fully saturated rings. The van der Waals surface area contributed by atoms with Crippen LogP contribution < -0.4 is 10.0 Å². The van der Waals surface area contributed by atoms with E-state index in [2.05, 4.69) is 14.9 Å². The largest absolute Gasteiger partial charge is 0.392 e. The van der Waals surface area contributed by atoms with E-state index in [4.69, 9.17) is 9.47 Å². The topological polar surface area (TPSA) is 117 Å². The van der Waals surface area contributed by atoms with Crippen LogP contribution in [-0.2, 0) is 30.9 Å². The molecular weight excluding hydrogens is 627 g/mol. The summed E-state index contributed by atoms with van der Waals surface area (Å²) in [6.45, 7) is 6.62. The number of aliphatic hydroxyl groups is 1. The standard InChI is InChI=1S/C38H49N3O6S/c1-38(2,3)39-36(43)34-21-20-27-10-7-8-15-33(27)41(34)24-31-23-35(28-18-16-26(25-42)17-19-28)47-37(46-31)29-11-9-12-30(22-29)40-48(44,45)32-13-5-4-6-14-32/h4-6,9,11-14,16-19,22,27,31,33-35,37,40,42H,7-8,10,15,20-21,23-25H2,1-3H3,(H,39,43). The lowest BCUT2D eigenvalue weighted by atomic mass is 9.75. The van der Waals surface area contributed by atoms with Crippen molar-refractivity contribution in [1.29, 1.82) is 0 Å². The van der Waals surface area contributed by atoms with Crippen LogP contribution in [0, 0.1) is 5.92 Å². The molecule has 3 aromatic rings. The maximum atomic E-state index is 13.7. The van der Waals surface area contributed by atoms with Gasteiger partial charge in [-0.15, -0.1) is 0 Å². The number of benzene rings is 3. The fourth-order valence-electron chi connectivity index (χ4n) is 7.56. The van der Waals surface area contributed by atoms with Crippen LogP contribution >= 0.6 is 0 Å².